The van der Waals surface area contributed by atoms with Crippen molar-refractivity contribution in [3.63, 3.8) is 0 Å². The first-order chi connectivity index (χ1) is 13.2. The molecule has 4 atom stereocenters. The van der Waals surface area contributed by atoms with Crippen molar-refractivity contribution < 1.29 is 9.90 Å². The van der Waals surface area contributed by atoms with E-state index < -0.39 is 5.97 Å². The van der Waals surface area contributed by atoms with Crippen molar-refractivity contribution in [1.29, 1.82) is 0 Å². The number of unbranched alkanes of at least 4 members (excludes halogenated alkanes) is 6. The largest absolute Gasteiger partial charge is 0.481 e. The molecule has 2 rings (SSSR count). The number of carboxylic acid groups (broad SMARTS) is 1. The van der Waals surface area contributed by atoms with Gasteiger partial charge < -0.3 is 5.11 Å². The standard InChI is InChI=1S/C23H40O2S2/c1-2-3-4-10-17-26-18-11-9-13-20-19(21-15-16-22(20)27-21)12-7-5-6-8-14-23(24)25/h2,19-22H,1,3-18H2,(H,24,25)/t19-,20+,21?,22+/m1/s1. The Hall–Kier alpha value is -0.0900. The fraction of sp³-hybridized carbons (Fsp3) is 0.870. The highest BCUT2D eigenvalue weighted by Crippen LogP contribution is 2.56. The van der Waals surface area contributed by atoms with Gasteiger partial charge in [0.1, 0.15) is 0 Å². The third-order valence-electron chi connectivity index (χ3n) is 6.29. The summed E-state index contributed by atoms with van der Waals surface area (Å²) in [5.74, 6) is 3.96. The highest BCUT2D eigenvalue weighted by atomic mass is 32.2. The Kier molecular flexibility index (Phi) is 12.0. The van der Waals surface area contributed by atoms with Gasteiger partial charge in [-0.05, 0) is 81.1 Å². The van der Waals surface area contributed by atoms with Gasteiger partial charge in [0.2, 0.25) is 0 Å². The number of carboxylic acids is 1. The fourth-order valence-electron chi connectivity index (χ4n) is 4.86. The van der Waals surface area contributed by atoms with Crippen LogP contribution >= 0.6 is 23.5 Å². The van der Waals surface area contributed by atoms with Crippen molar-refractivity contribution in [2.45, 2.75) is 100 Å². The smallest absolute Gasteiger partial charge is 0.303 e. The van der Waals surface area contributed by atoms with Crippen molar-refractivity contribution in [2.75, 3.05) is 11.5 Å². The first-order valence-electron chi connectivity index (χ1n) is 11.3. The molecule has 0 aliphatic carbocycles. The van der Waals surface area contributed by atoms with Crippen molar-refractivity contribution in [3.8, 4) is 0 Å². The Morgan fingerprint density at radius 1 is 0.926 bits per heavy atom. The molecule has 0 aromatic rings. The summed E-state index contributed by atoms with van der Waals surface area (Å²) >= 11 is 4.45. The fourth-order valence-corrected chi connectivity index (χ4v) is 7.95. The number of fused-ring (bicyclic) bond motifs is 2. The number of allylic oxidation sites excluding steroid dienone is 1. The summed E-state index contributed by atoms with van der Waals surface area (Å²) in [6.45, 7) is 3.79. The van der Waals surface area contributed by atoms with Crippen molar-refractivity contribution in [3.05, 3.63) is 12.7 Å². The molecule has 0 radical (unpaired) electrons. The summed E-state index contributed by atoms with van der Waals surface area (Å²) in [6.07, 6.45) is 19.3. The number of carbonyl (C=O) groups is 1. The van der Waals surface area contributed by atoms with E-state index in [1.165, 1.54) is 82.1 Å². The summed E-state index contributed by atoms with van der Waals surface area (Å²) in [5, 5.41) is 10.6. The Balaban J connectivity index is 1.53. The van der Waals surface area contributed by atoms with Crippen LogP contribution in [0, 0.1) is 11.8 Å². The van der Waals surface area contributed by atoms with E-state index in [4.69, 9.17) is 5.11 Å². The summed E-state index contributed by atoms with van der Waals surface area (Å²) in [7, 11) is 0. The van der Waals surface area contributed by atoms with E-state index in [0.717, 1.165) is 35.2 Å². The lowest BCUT2D eigenvalue weighted by molar-refractivity contribution is -0.137. The van der Waals surface area contributed by atoms with Crippen LogP contribution in [0.1, 0.15) is 89.9 Å². The molecule has 2 aliphatic heterocycles. The third kappa shape index (κ3) is 8.85. The van der Waals surface area contributed by atoms with Crippen molar-refractivity contribution in [2.24, 2.45) is 11.8 Å². The highest BCUT2D eigenvalue weighted by Gasteiger charge is 2.46. The Morgan fingerprint density at radius 2 is 1.52 bits per heavy atom. The van der Waals surface area contributed by atoms with Crippen LogP contribution in [0.2, 0.25) is 0 Å². The molecular weight excluding hydrogens is 372 g/mol. The maximum atomic E-state index is 10.6. The van der Waals surface area contributed by atoms with Gasteiger partial charge in [-0.2, -0.15) is 23.5 Å². The van der Waals surface area contributed by atoms with Crippen LogP contribution in [0.3, 0.4) is 0 Å². The Labute approximate surface area is 175 Å². The second-order valence-electron chi connectivity index (χ2n) is 8.36. The van der Waals surface area contributed by atoms with Gasteiger partial charge in [-0.1, -0.05) is 31.8 Å². The number of rotatable bonds is 17. The zero-order valence-electron chi connectivity index (χ0n) is 17.1. The molecule has 4 heteroatoms. The molecule has 0 aromatic heterocycles. The zero-order valence-corrected chi connectivity index (χ0v) is 18.7. The summed E-state index contributed by atoms with van der Waals surface area (Å²) in [6, 6.07) is 0. The van der Waals surface area contributed by atoms with Crippen LogP contribution in [-0.2, 0) is 4.79 Å². The number of hydrogen-bond acceptors (Lipinski definition) is 3. The lowest BCUT2D eigenvalue weighted by atomic mass is 9.74. The SMILES string of the molecule is C=CCCCCSCCCC[C@@H]1[C@@H]2CCC(S2)[C@@H]1CCCCCCC(=O)O. The average molecular weight is 413 g/mol. The van der Waals surface area contributed by atoms with Crippen LogP contribution in [-0.4, -0.2) is 33.1 Å². The molecule has 0 aromatic carbocycles. The van der Waals surface area contributed by atoms with Crippen LogP contribution in [0.25, 0.3) is 0 Å². The first kappa shape index (κ1) is 23.2. The maximum Gasteiger partial charge on any atom is 0.303 e. The predicted molar refractivity (Wildman–Crippen MR) is 122 cm³/mol. The number of thioether (sulfide) groups is 2. The molecule has 1 unspecified atom stereocenters. The van der Waals surface area contributed by atoms with Crippen molar-refractivity contribution >= 4 is 29.5 Å². The molecule has 2 saturated heterocycles. The highest BCUT2D eigenvalue weighted by molar-refractivity contribution is 8.01. The molecule has 0 saturated carbocycles. The molecule has 2 bridgehead atoms. The molecule has 156 valence electrons. The summed E-state index contributed by atoms with van der Waals surface area (Å²) in [4.78, 5) is 10.6. The van der Waals surface area contributed by atoms with Crippen LogP contribution in [0.15, 0.2) is 12.7 Å². The first-order valence-corrected chi connectivity index (χ1v) is 13.4. The molecule has 0 spiro atoms. The van der Waals surface area contributed by atoms with Gasteiger partial charge >= 0.3 is 5.97 Å². The summed E-state index contributed by atoms with van der Waals surface area (Å²) in [5.41, 5.74) is 0. The second kappa shape index (κ2) is 14.0. The van der Waals surface area contributed by atoms with Crippen LogP contribution in [0.4, 0.5) is 0 Å². The quantitative estimate of drug-likeness (QED) is 0.203. The molecule has 2 heterocycles. The van der Waals surface area contributed by atoms with Gasteiger partial charge in [0.15, 0.2) is 0 Å². The normalized spacial score (nSPS) is 26.5. The monoisotopic (exact) mass is 412 g/mol. The van der Waals surface area contributed by atoms with E-state index in [1.807, 2.05) is 6.08 Å². The predicted octanol–water partition coefficient (Wildman–Crippen LogP) is 7.18. The van der Waals surface area contributed by atoms with Gasteiger partial charge in [0.25, 0.3) is 0 Å². The Morgan fingerprint density at radius 3 is 2.15 bits per heavy atom. The zero-order chi connectivity index (χ0) is 19.3. The second-order valence-corrected chi connectivity index (χ2v) is 11.1. The minimum absolute atomic E-state index is 0.346. The number of aliphatic carboxylic acids is 1. The van der Waals surface area contributed by atoms with E-state index >= 15 is 0 Å². The maximum absolute atomic E-state index is 10.6. The average Bonchev–Trinajstić information content (AvgIpc) is 3.25. The van der Waals surface area contributed by atoms with Gasteiger partial charge in [-0.3, -0.25) is 4.79 Å². The third-order valence-corrected chi connectivity index (χ3v) is 9.32. The van der Waals surface area contributed by atoms with E-state index in [0.29, 0.717) is 6.42 Å². The van der Waals surface area contributed by atoms with E-state index in [-0.39, 0.29) is 0 Å². The minimum atomic E-state index is -0.644. The molecule has 0 amide bonds. The molecule has 27 heavy (non-hydrogen) atoms. The van der Waals surface area contributed by atoms with Crippen LogP contribution in [0.5, 0.6) is 0 Å². The van der Waals surface area contributed by atoms with E-state index in [2.05, 4.69) is 30.1 Å². The lowest BCUT2D eigenvalue weighted by Gasteiger charge is -2.30. The van der Waals surface area contributed by atoms with E-state index in [1.54, 1.807) is 0 Å². The van der Waals surface area contributed by atoms with Crippen LogP contribution < -0.4 is 0 Å². The van der Waals surface area contributed by atoms with Crippen molar-refractivity contribution in [1.82, 2.24) is 0 Å². The van der Waals surface area contributed by atoms with Gasteiger partial charge in [-0.15, -0.1) is 6.58 Å². The molecular formula is C23H40O2S2. The molecule has 2 nitrogen and oxygen atoms in total. The lowest BCUT2D eigenvalue weighted by Crippen LogP contribution is -2.27. The van der Waals surface area contributed by atoms with E-state index in [9.17, 15) is 4.79 Å². The topological polar surface area (TPSA) is 37.3 Å². The molecule has 2 aliphatic rings. The van der Waals surface area contributed by atoms with Gasteiger partial charge in [0.05, 0.1) is 0 Å². The summed E-state index contributed by atoms with van der Waals surface area (Å²) < 4.78 is 0. The molecule has 2 fully saturated rings. The number of hydrogen-bond donors (Lipinski definition) is 1. The van der Waals surface area contributed by atoms with Gasteiger partial charge in [-0.25, -0.2) is 0 Å². The van der Waals surface area contributed by atoms with Gasteiger partial charge in [0, 0.05) is 16.9 Å². The Bertz CT molecular complexity index is 427. The minimum Gasteiger partial charge on any atom is -0.481 e. The molecule has 1 N–H and O–H groups in total.